The van der Waals surface area contributed by atoms with Gasteiger partial charge in [0, 0.05) is 13.7 Å². The topological polar surface area (TPSA) is 46.5 Å². The Morgan fingerprint density at radius 1 is 1.33 bits per heavy atom. The third kappa shape index (κ3) is 4.44. The number of carbonyl (C=O) groups is 1. The fourth-order valence-electron chi connectivity index (χ4n) is 3.37. The van der Waals surface area contributed by atoms with Crippen LogP contribution in [0.5, 0.6) is 0 Å². The summed E-state index contributed by atoms with van der Waals surface area (Å²) >= 11 is 0. The lowest BCUT2D eigenvalue weighted by Crippen LogP contribution is -2.39. The Morgan fingerprint density at radius 2 is 2.10 bits per heavy atom. The highest BCUT2D eigenvalue weighted by Crippen LogP contribution is 2.45. The van der Waals surface area contributed by atoms with Gasteiger partial charge >= 0.3 is 5.97 Å². The molecule has 3 nitrogen and oxygen atoms in total. The molecule has 0 aromatic carbocycles. The van der Waals surface area contributed by atoms with Gasteiger partial charge in [-0.25, -0.2) is 0 Å². The summed E-state index contributed by atoms with van der Waals surface area (Å²) in [6.45, 7) is 4.94. The summed E-state index contributed by atoms with van der Waals surface area (Å²) in [5.74, 6) is -0.562. The van der Waals surface area contributed by atoms with E-state index in [0.29, 0.717) is 6.61 Å². The van der Waals surface area contributed by atoms with Crippen molar-refractivity contribution in [3.8, 4) is 0 Å². The van der Waals surface area contributed by atoms with Crippen molar-refractivity contribution in [3.05, 3.63) is 23.8 Å². The van der Waals surface area contributed by atoms with Gasteiger partial charge in [-0.05, 0) is 25.2 Å². The molecule has 2 unspecified atom stereocenters. The third-order valence-corrected chi connectivity index (χ3v) is 4.54. The zero-order chi connectivity index (χ0) is 15.7. The molecule has 120 valence electrons. The largest absolute Gasteiger partial charge is 0.481 e. The molecule has 2 atom stereocenters. The summed E-state index contributed by atoms with van der Waals surface area (Å²) in [4.78, 5) is 12.1. The van der Waals surface area contributed by atoms with Gasteiger partial charge < -0.3 is 9.84 Å². The average Bonchev–Trinajstić information content (AvgIpc) is 2.47. The van der Waals surface area contributed by atoms with Gasteiger partial charge in [0.05, 0.1) is 5.41 Å². The van der Waals surface area contributed by atoms with Crippen molar-refractivity contribution < 1.29 is 14.6 Å². The number of carboxylic acids is 1. The third-order valence-electron chi connectivity index (χ3n) is 4.54. The number of hydrogen-bond acceptors (Lipinski definition) is 2. The second kappa shape index (κ2) is 9.04. The number of ether oxygens (including phenoxy) is 1. The molecule has 21 heavy (non-hydrogen) atoms. The van der Waals surface area contributed by atoms with Crippen LogP contribution in [-0.2, 0) is 9.53 Å². The van der Waals surface area contributed by atoms with Gasteiger partial charge in [0.2, 0.25) is 0 Å². The molecule has 0 saturated heterocycles. The van der Waals surface area contributed by atoms with Crippen molar-refractivity contribution in [1.82, 2.24) is 0 Å². The summed E-state index contributed by atoms with van der Waals surface area (Å²) < 4.78 is 5.19. The Balaban J connectivity index is 3.00. The van der Waals surface area contributed by atoms with Crippen molar-refractivity contribution in [2.24, 2.45) is 11.3 Å². The van der Waals surface area contributed by atoms with Crippen molar-refractivity contribution in [1.29, 1.82) is 0 Å². The lowest BCUT2D eigenvalue weighted by Gasteiger charge is -2.39. The van der Waals surface area contributed by atoms with Crippen LogP contribution >= 0.6 is 0 Å². The van der Waals surface area contributed by atoms with Gasteiger partial charge in [-0.15, -0.1) is 0 Å². The highest BCUT2D eigenvalue weighted by molar-refractivity contribution is 5.79. The number of allylic oxidation sites excluding steroid dienone is 2. The summed E-state index contributed by atoms with van der Waals surface area (Å²) in [7, 11) is 1.69. The minimum absolute atomic E-state index is 0.108. The van der Waals surface area contributed by atoms with Crippen LogP contribution in [0.2, 0.25) is 0 Å². The second-order valence-electron chi connectivity index (χ2n) is 5.99. The maximum atomic E-state index is 12.1. The Hall–Kier alpha value is -1.09. The minimum Gasteiger partial charge on any atom is -0.481 e. The normalized spacial score (nSPS) is 24.9. The number of methoxy groups -OCH3 is 1. The van der Waals surface area contributed by atoms with Crippen molar-refractivity contribution in [3.63, 3.8) is 0 Å². The number of hydrogen-bond donors (Lipinski definition) is 1. The van der Waals surface area contributed by atoms with E-state index < -0.39 is 11.4 Å². The van der Waals surface area contributed by atoms with Gasteiger partial charge in [0.1, 0.15) is 0 Å². The molecule has 3 heteroatoms. The predicted molar refractivity (Wildman–Crippen MR) is 86.3 cm³/mol. The van der Waals surface area contributed by atoms with E-state index in [4.69, 9.17) is 4.74 Å². The first kappa shape index (κ1) is 18.0. The van der Waals surface area contributed by atoms with E-state index in [9.17, 15) is 9.90 Å². The molecule has 0 spiro atoms. The standard InChI is InChI=1S/C18H30O3/c1-4-6-7-12-18(17(19)20)13-8-10-15(11-14-21-3)16(18)9-5-2/h8,10,13,16H,4-7,9,11-12,14H2,1-3H3,(H,19,20). The molecule has 0 radical (unpaired) electrons. The number of unbranched alkanes of at least 4 members (excludes halogenated alkanes) is 2. The summed E-state index contributed by atoms with van der Waals surface area (Å²) in [5.41, 5.74) is 0.517. The molecule has 0 aromatic rings. The smallest absolute Gasteiger partial charge is 0.314 e. The predicted octanol–water partition coefficient (Wildman–Crippen LogP) is 4.59. The Bertz CT molecular complexity index is 384. The molecule has 1 aliphatic carbocycles. The van der Waals surface area contributed by atoms with Crippen LogP contribution in [0.4, 0.5) is 0 Å². The summed E-state index contributed by atoms with van der Waals surface area (Å²) in [6, 6.07) is 0. The summed E-state index contributed by atoms with van der Waals surface area (Å²) in [5, 5.41) is 9.92. The molecule has 0 saturated carbocycles. The first-order valence-electron chi connectivity index (χ1n) is 8.23. The van der Waals surface area contributed by atoms with Crippen molar-refractivity contribution in [2.45, 2.75) is 58.8 Å². The SMILES string of the molecule is CCCCCC1(C(=O)O)C=CC=C(CCOC)C1CCC. The fourth-order valence-corrected chi connectivity index (χ4v) is 3.37. The second-order valence-corrected chi connectivity index (χ2v) is 5.99. The van der Waals surface area contributed by atoms with E-state index in [1.807, 2.05) is 12.2 Å². The van der Waals surface area contributed by atoms with Crippen LogP contribution in [-0.4, -0.2) is 24.8 Å². The van der Waals surface area contributed by atoms with Crippen LogP contribution in [0.25, 0.3) is 0 Å². The van der Waals surface area contributed by atoms with Crippen LogP contribution in [0, 0.1) is 11.3 Å². The fraction of sp³-hybridized carbons (Fsp3) is 0.722. The van der Waals surface area contributed by atoms with Gasteiger partial charge in [-0.3, -0.25) is 4.79 Å². The van der Waals surface area contributed by atoms with E-state index >= 15 is 0 Å². The van der Waals surface area contributed by atoms with Crippen molar-refractivity contribution in [2.75, 3.05) is 13.7 Å². The van der Waals surface area contributed by atoms with E-state index in [1.165, 1.54) is 5.57 Å². The monoisotopic (exact) mass is 294 g/mol. The highest BCUT2D eigenvalue weighted by atomic mass is 16.5. The molecule has 0 heterocycles. The quantitative estimate of drug-likeness (QED) is 0.600. The van der Waals surface area contributed by atoms with Crippen LogP contribution in [0.3, 0.4) is 0 Å². The molecule has 0 aromatic heterocycles. The van der Waals surface area contributed by atoms with Gasteiger partial charge in [0.25, 0.3) is 0 Å². The highest BCUT2D eigenvalue weighted by Gasteiger charge is 2.45. The number of aliphatic carboxylic acids is 1. The number of carboxylic acid groups (broad SMARTS) is 1. The molecular weight excluding hydrogens is 264 g/mol. The number of rotatable bonds is 10. The maximum Gasteiger partial charge on any atom is 0.314 e. The first-order chi connectivity index (χ1) is 10.1. The van der Waals surface area contributed by atoms with E-state index in [-0.39, 0.29) is 5.92 Å². The Kier molecular flexibility index (Phi) is 7.73. The summed E-state index contributed by atoms with van der Waals surface area (Å²) in [6.07, 6.45) is 12.7. The van der Waals surface area contributed by atoms with Crippen LogP contribution < -0.4 is 0 Å². The van der Waals surface area contributed by atoms with Crippen LogP contribution in [0.1, 0.15) is 58.8 Å². The van der Waals surface area contributed by atoms with E-state index in [1.54, 1.807) is 7.11 Å². The molecule has 0 aliphatic heterocycles. The first-order valence-corrected chi connectivity index (χ1v) is 8.23. The molecule has 1 N–H and O–H groups in total. The van der Waals surface area contributed by atoms with Crippen molar-refractivity contribution >= 4 is 5.97 Å². The zero-order valence-corrected chi connectivity index (χ0v) is 13.7. The van der Waals surface area contributed by atoms with Gasteiger partial charge in [-0.1, -0.05) is 63.3 Å². The molecular formula is C18H30O3. The maximum absolute atomic E-state index is 12.1. The molecule has 0 amide bonds. The van der Waals surface area contributed by atoms with Gasteiger partial charge in [-0.2, -0.15) is 0 Å². The Labute approximate surface area is 129 Å². The van der Waals surface area contributed by atoms with Crippen LogP contribution in [0.15, 0.2) is 23.8 Å². The zero-order valence-electron chi connectivity index (χ0n) is 13.7. The molecule has 0 bridgehead atoms. The minimum atomic E-state index is -0.719. The molecule has 0 fully saturated rings. The average molecular weight is 294 g/mol. The van der Waals surface area contributed by atoms with Gasteiger partial charge in [0.15, 0.2) is 0 Å². The van der Waals surface area contributed by atoms with E-state index in [0.717, 1.165) is 44.9 Å². The van der Waals surface area contributed by atoms with E-state index in [2.05, 4.69) is 19.9 Å². The lowest BCUT2D eigenvalue weighted by atomic mass is 9.64. The lowest BCUT2D eigenvalue weighted by molar-refractivity contribution is -0.149. The molecule has 1 rings (SSSR count). The Morgan fingerprint density at radius 3 is 2.67 bits per heavy atom. The molecule has 1 aliphatic rings.